The van der Waals surface area contributed by atoms with Crippen molar-refractivity contribution in [2.75, 3.05) is 12.4 Å². The Kier molecular flexibility index (Phi) is 3.38. The monoisotopic (exact) mass is 295 g/mol. The Morgan fingerprint density at radius 1 is 1.24 bits per heavy atom. The van der Waals surface area contributed by atoms with Gasteiger partial charge in [-0.3, -0.25) is 0 Å². The minimum absolute atomic E-state index is 0.321. The van der Waals surface area contributed by atoms with Gasteiger partial charge in [-0.2, -0.15) is 0 Å². The Labute approximate surface area is 107 Å². The molecule has 0 amide bonds. The zero-order chi connectivity index (χ0) is 12.4. The predicted molar refractivity (Wildman–Crippen MR) is 69.4 cm³/mol. The van der Waals surface area contributed by atoms with Crippen LogP contribution in [0, 0.1) is 12.7 Å². The highest BCUT2D eigenvalue weighted by atomic mass is 79.9. The van der Waals surface area contributed by atoms with E-state index in [1.165, 1.54) is 6.07 Å². The van der Waals surface area contributed by atoms with Crippen LogP contribution in [0.5, 0.6) is 0 Å². The van der Waals surface area contributed by atoms with Gasteiger partial charge >= 0.3 is 0 Å². The first-order valence-corrected chi connectivity index (χ1v) is 5.88. The number of nitrogens with zero attached hydrogens (tertiary/aromatic N) is 2. The van der Waals surface area contributed by atoms with Crippen LogP contribution in [0.3, 0.4) is 0 Å². The smallest absolute Gasteiger partial charge is 0.161 e. The molecule has 1 aromatic heterocycles. The molecule has 0 fully saturated rings. The van der Waals surface area contributed by atoms with Crippen molar-refractivity contribution in [2.45, 2.75) is 6.92 Å². The number of anilines is 1. The van der Waals surface area contributed by atoms with Crippen molar-refractivity contribution in [3.63, 3.8) is 0 Å². The van der Waals surface area contributed by atoms with Crippen molar-refractivity contribution >= 4 is 21.7 Å². The van der Waals surface area contributed by atoms with E-state index >= 15 is 0 Å². The van der Waals surface area contributed by atoms with E-state index in [0.29, 0.717) is 15.9 Å². The maximum absolute atomic E-state index is 13.4. The van der Waals surface area contributed by atoms with Crippen LogP contribution in [0.2, 0.25) is 0 Å². The van der Waals surface area contributed by atoms with Gasteiger partial charge in [-0.25, -0.2) is 14.4 Å². The Hall–Kier alpha value is -1.49. The largest absolute Gasteiger partial charge is 0.373 e. The third-order valence-corrected chi connectivity index (χ3v) is 2.93. The van der Waals surface area contributed by atoms with E-state index in [1.807, 2.05) is 13.0 Å². The fraction of sp³-hybridized carbons (Fsp3) is 0.167. The minimum Gasteiger partial charge on any atom is -0.373 e. The summed E-state index contributed by atoms with van der Waals surface area (Å²) in [7, 11) is 1.79. The van der Waals surface area contributed by atoms with Gasteiger partial charge in [-0.1, -0.05) is 0 Å². The minimum atomic E-state index is -0.321. The van der Waals surface area contributed by atoms with Crippen LogP contribution in [-0.2, 0) is 0 Å². The predicted octanol–water partition coefficient (Wildman–Crippen LogP) is 3.40. The van der Waals surface area contributed by atoms with Crippen LogP contribution in [0.1, 0.15) is 5.69 Å². The molecule has 0 spiro atoms. The number of benzene rings is 1. The quantitative estimate of drug-likeness (QED) is 0.923. The summed E-state index contributed by atoms with van der Waals surface area (Å²) >= 11 is 3.12. The summed E-state index contributed by atoms with van der Waals surface area (Å²) in [6.45, 7) is 1.88. The number of aromatic nitrogens is 2. The topological polar surface area (TPSA) is 37.8 Å². The van der Waals surface area contributed by atoms with Gasteiger partial charge in [-0.15, -0.1) is 0 Å². The molecule has 88 valence electrons. The van der Waals surface area contributed by atoms with Crippen molar-refractivity contribution in [3.8, 4) is 11.4 Å². The lowest BCUT2D eigenvalue weighted by Gasteiger charge is -2.06. The molecule has 0 radical (unpaired) electrons. The number of hydrogen-bond acceptors (Lipinski definition) is 3. The molecule has 5 heteroatoms. The molecular weight excluding hydrogens is 285 g/mol. The number of aryl methyl sites for hydroxylation is 1. The standard InChI is InChI=1S/C12H11BrFN3/c1-7-5-11(15-2)17-12(16-7)8-3-4-9(13)10(14)6-8/h3-6H,1-2H3,(H,15,16,17). The number of hydrogen-bond donors (Lipinski definition) is 1. The highest BCUT2D eigenvalue weighted by molar-refractivity contribution is 9.10. The molecule has 1 aromatic carbocycles. The molecule has 0 unspecified atom stereocenters. The lowest BCUT2D eigenvalue weighted by Crippen LogP contribution is -1.98. The fourth-order valence-corrected chi connectivity index (χ4v) is 1.71. The highest BCUT2D eigenvalue weighted by Crippen LogP contribution is 2.23. The molecule has 17 heavy (non-hydrogen) atoms. The van der Waals surface area contributed by atoms with E-state index in [9.17, 15) is 4.39 Å². The van der Waals surface area contributed by atoms with E-state index in [4.69, 9.17) is 0 Å². The van der Waals surface area contributed by atoms with Gasteiger partial charge < -0.3 is 5.32 Å². The van der Waals surface area contributed by atoms with Crippen molar-refractivity contribution in [1.29, 1.82) is 0 Å². The summed E-state index contributed by atoms with van der Waals surface area (Å²) in [6.07, 6.45) is 0. The van der Waals surface area contributed by atoms with E-state index in [0.717, 1.165) is 11.5 Å². The maximum atomic E-state index is 13.4. The van der Waals surface area contributed by atoms with Crippen LogP contribution < -0.4 is 5.32 Å². The van der Waals surface area contributed by atoms with E-state index < -0.39 is 0 Å². The second-order valence-electron chi connectivity index (χ2n) is 3.60. The van der Waals surface area contributed by atoms with E-state index in [2.05, 4.69) is 31.2 Å². The third-order valence-electron chi connectivity index (χ3n) is 2.29. The number of halogens is 2. The molecule has 0 saturated heterocycles. The van der Waals surface area contributed by atoms with Gasteiger partial charge in [0, 0.05) is 24.4 Å². The second kappa shape index (κ2) is 4.79. The van der Waals surface area contributed by atoms with Crippen molar-refractivity contribution < 1.29 is 4.39 Å². The molecule has 3 nitrogen and oxygen atoms in total. The first kappa shape index (κ1) is 12.0. The van der Waals surface area contributed by atoms with Crippen molar-refractivity contribution in [3.05, 3.63) is 40.2 Å². The Bertz CT molecular complexity index is 557. The summed E-state index contributed by atoms with van der Waals surface area (Å²) < 4.78 is 13.9. The normalized spacial score (nSPS) is 10.4. The molecule has 0 atom stereocenters. The van der Waals surface area contributed by atoms with Gasteiger partial charge in [-0.05, 0) is 41.1 Å². The zero-order valence-electron chi connectivity index (χ0n) is 9.46. The Morgan fingerprint density at radius 2 is 2.00 bits per heavy atom. The molecule has 0 saturated carbocycles. The molecule has 1 N–H and O–H groups in total. The van der Waals surface area contributed by atoms with Gasteiger partial charge in [0.25, 0.3) is 0 Å². The lowest BCUT2D eigenvalue weighted by atomic mass is 10.2. The van der Waals surface area contributed by atoms with E-state index in [-0.39, 0.29) is 5.82 Å². The van der Waals surface area contributed by atoms with Gasteiger partial charge in [0.2, 0.25) is 0 Å². The van der Waals surface area contributed by atoms with Gasteiger partial charge in [0.1, 0.15) is 11.6 Å². The molecule has 0 bridgehead atoms. The average Bonchev–Trinajstić information content (AvgIpc) is 2.32. The van der Waals surface area contributed by atoms with Crippen LogP contribution in [-0.4, -0.2) is 17.0 Å². The lowest BCUT2D eigenvalue weighted by molar-refractivity contribution is 0.621. The van der Waals surface area contributed by atoms with Crippen LogP contribution in [0.15, 0.2) is 28.7 Å². The van der Waals surface area contributed by atoms with Crippen LogP contribution in [0.4, 0.5) is 10.2 Å². The molecule has 2 rings (SSSR count). The van der Waals surface area contributed by atoms with Crippen molar-refractivity contribution in [1.82, 2.24) is 9.97 Å². The molecule has 0 aliphatic heterocycles. The first-order chi connectivity index (χ1) is 8.10. The van der Waals surface area contributed by atoms with Crippen LogP contribution >= 0.6 is 15.9 Å². The molecular formula is C12H11BrFN3. The maximum Gasteiger partial charge on any atom is 0.161 e. The summed E-state index contributed by atoms with van der Waals surface area (Å²) in [6, 6.07) is 6.67. The Balaban J connectivity index is 2.52. The molecule has 0 aliphatic carbocycles. The number of nitrogens with one attached hydrogen (secondary N) is 1. The Morgan fingerprint density at radius 3 is 2.65 bits per heavy atom. The number of rotatable bonds is 2. The van der Waals surface area contributed by atoms with Gasteiger partial charge in [0.15, 0.2) is 5.82 Å². The second-order valence-corrected chi connectivity index (χ2v) is 4.45. The molecule has 0 aliphatic rings. The molecule has 2 aromatic rings. The molecule has 1 heterocycles. The van der Waals surface area contributed by atoms with Crippen molar-refractivity contribution in [2.24, 2.45) is 0 Å². The summed E-state index contributed by atoms with van der Waals surface area (Å²) in [4.78, 5) is 8.58. The summed E-state index contributed by atoms with van der Waals surface area (Å²) in [5.74, 6) is 0.912. The third kappa shape index (κ3) is 2.61. The summed E-state index contributed by atoms with van der Waals surface area (Å²) in [5, 5.41) is 2.95. The van der Waals surface area contributed by atoms with Gasteiger partial charge in [0.05, 0.1) is 4.47 Å². The summed E-state index contributed by atoms with van der Waals surface area (Å²) in [5.41, 5.74) is 1.49. The SMILES string of the molecule is CNc1cc(C)nc(-c2ccc(Br)c(F)c2)n1. The zero-order valence-corrected chi connectivity index (χ0v) is 11.0. The average molecular weight is 296 g/mol. The fourth-order valence-electron chi connectivity index (χ4n) is 1.46. The highest BCUT2D eigenvalue weighted by Gasteiger charge is 2.07. The first-order valence-electron chi connectivity index (χ1n) is 5.09. The van der Waals surface area contributed by atoms with E-state index in [1.54, 1.807) is 19.2 Å². The van der Waals surface area contributed by atoms with Crippen LogP contribution in [0.25, 0.3) is 11.4 Å².